The Kier molecular flexibility index (Phi) is 5.85. The first-order valence-electron chi connectivity index (χ1n) is 8.92. The highest BCUT2D eigenvalue weighted by molar-refractivity contribution is 5.94. The first-order chi connectivity index (χ1) is 13.0. The molecule has 144 valence electrons. The van der Waals surface area contributed by atoms with E-state index < -0.39 is 0 Å². The molecule has 27 heavy (non-hydrogen) atoms. The molecule has 0 unspecified atom stereocenters. The summed E-state index contributed by atoms with van der Waals surface area (Å²) in [6, 6.07) is 7.15. The van der Waals surface area contributed by atoms with Gasteiger partial charge in [0.05, 0.1) is 12.0 Å². The molecule has 2 aromatic rings. The Hall–Kier alpha value is -2.74. The number of nitrogens with zero attached hydrogens (tertiary/aromatic N) is 3. The number of hydrogen-bond donors (Lipinski definition) is 1. The zero-order valence-electron chi connectivity index (χ0n) is 15.8. The molecule has 1 aliphatic rings. The largest absolute Gasteiger partial charge is 0.375 e. The summed E-state index contributed by atoms with van der Waals surface area (Å²) in [5, 5.41) is 6.79. The van der Waals surface area contributed by atoms with E-state index in [1.807, 2.05) is 31.2 Å². The van der Waals surface area contributed by atoms with Crippen LogP contribution in [-0.4, -0.2) is 59.7 Å². The first kappa shape index (κ1) is 19.0. The maximum Gasteiger partial charge on any atom is 0.253 e. The molecule has 8 heteroatoms. The molecule has 8 nitrogen and oxygen atoms in total. The average molecular weight is 372 g/mol. The van der Waals surface area contributed by atoms with Crippen LogP contribution in [0.5, 0.6) is 0 Å². The van der Waals surface area contributed by atoms with Crippen molar-refractivity contribution in [3.8, 4) is 0 Å². The van der Waals surface area contributed by atoms with E-state index in [2.05, 4.69) is 15.5 Å². The minimum Gasteiger partial charge on any atom is -0.375 e. The zero-order chi connectivity index (χ0) is 19.4. The van der Waals surface area contributed by atoms with Gasteiger partial charge in [0.2, 0.25) is 11.8 Å². The van der Waals surface area contributed by atoms with Crippen LogP contribution in [0.15, 0.2) is 28.8 Å². The molecule has 3 rings (SSSR count). The molecule has 0 bridgehead atoms. The van der Waals surface area contributed by atoms with Crippen molar-refractivity contribution in [3.05, 3.63) is 47.1 Å². The summed E-state index contributed by atoms with van der Waals surface area (Å²) >= 11 is 0. The minimum atomic E-state index is -0.323. The van der Waals surface area contributed by atoms with Gasteiger partial charge in [0, 0.05) is 25.8 Å². The lowest BCUT2D eigenvalue weighted by Gasteiger charge is -2.37. The SMILES string of the molecule is COCC(=O)N[C@@H]1CN(C(=O)c2ccc(C)cc2)CC[C@@H]1c1nc(C)no1. The fourth-order valence-corrected chi connectivity index (χ4v) is 3.30. The third-order valence-corrected chi connectivity index (χ3v) is 4.68. The van der Waals surface area contributed by atoms with Crippen molar-refractivity contribution in [1.82, 2.24) is 20.4 Å². The quantitative estimate of drug-likeness (QED) is 0.853. The van der Waals surface area contributed by atoms with Crippen molar-refractivity contribution >= 4 is 11.8 Å². The number of nitrogens with one attached hydrogen (secondary N) is 1. The van der Waals surface area contributed by atoms with Gasteiger partial charge >= 0.3 is 0 Å². The molecule has 2 atom stereocenters. The Morgan fingerprint density at radius 2 is 2.04 bits per heavy atom. The van der Waals surface area contributed by atoms with Crippen molar-refractivity contribution in [3.63, 3.8) is 0 Å². The highest BCUT2D eigenvalue weighted by Gasteiger charge is 2.36. The van der Waals surface area contributed by atoms with Gasteiger partial charge in [-0.05, 0) is 32.4 Å². The molecule has 2 amide bonds. The number of ether oxygens (including phenoxy) is 1. The second-order valence-electron chi connectivity index (χ2n) is 6.80. The number of benzene rings is 1. The monoisotopic (exact) mass is 372 g/mol. The summed E-state index contributed by atoms with van der Waals surface area (Å²) in [7, 11) is 1.46. The van der Waals surface area contributed by atoms with E-state index >= 15 is 0 Å². The third-order valence-electron chi connectivity index (χ3n) is 4.68. The molecular formula is C19H24N4O4. The average Bonchev–Trinajstić information content (AvgIpc) is 3.08. The van der Waals surface area contributed by atoms with Gasteiger partial charge in [-0.25, -0.2) is 0 Å². The van der Waals surface area contributed by atoms with Gasteiger partial charge in [0.1, 0.15) is 6.61 Å². The van der Waals surface area contributed by atoms with E-state index in [0.29, 0.717) is 36.8 Å². The lowest BCUT2D eigenvalue weighted by atomic mass is 9.90. The van der Waals surface area contributed by atoms with Gasteiger partial charge in [-0.3, -0.25) is 9.59 Å². The van der Waals surface area contributed by atoms with E-state index in [4.69, 9.17) is 9.26 Å². The van der Waals surface area contributed by atoms with Crippen molar-refractivity contribution < 1.29 is 18.8 Å². The summed E-state index contributed by atoms with van der Waals surface area (Å²) in [4.78, 5) is 31.0. The number of aromatic nitrogens is 2. The Morgan fingerprint density at radius 1 is 1.30 bits per heavy atom. The smallest absolute Gasteiger partial charge is 0.253 e. The first-order valence-corrected chi connectivity index (χ1v) is 8.92. The normalized spacial score (nSPS) is 19.7. The number of likely N-dealkylation sites (tertiary alicyclic amines) is 1. The van der Waals surface area contributed by atoms with Crippen LogP contribution in [-0.2, 0) is 9.53 Å². The van der Waals surface area contributed by atoms with Crippen LogP contribution in [0.1, 0.15) is 40.0 Å². The number of hydrogen-bond acceptors (Lipinski definition) is 6. The van der Waals surface area contributed by atoms with Gasteiger partial charge in [-0.15, -0.1) is 0 Å². The second-order valence-corrected chi connectivity index (χ2v) is 6.80. The molecule has 1 N–H and O–H groups in total. The predicted octanol–water partition coefficient (Wildman–Crippen LogP) is 1.45. The molecule has 1 aromatic heterocycles. The summed E-state index contributed by atoms with van der Waals surface area (Å²) in [5.74, 6) is 0.589. The number of piperidine rings is 1. The van der Waals surface area contributed by atoms with Crippen molar-refractivity contribution in [2.45, 2.75) is 32.2 Å². The fraction of sp³-hybridized carbons (Fsp3) is 0.474. The van der Waals surface area contributed by atoms with Crippen molar-refractivity contribution in [1.29, 1.82) is 0 Å². The van der Waals surface area contributed by atoms with Crippen LogP contribution >= 0.6 is 0 Å². The van der Waals surface area contributed by atoms with E-state index in [1.54, 1.807) is 11.8 Å². The van der Waals surface area contributed by atoms with Crippen molar-refractivity contribution in [2.75, 3.05) is 26.8 Å². The van der Waals surface area contributed by atoms with Crippen LogP contribution in [0.3, 0.4) is 0 Å². The lowest BCUT2D eigenvalue weighted by Crippen LogP contribution is -2.53. The molecule has 0 spiro atoms. The van der Waals surface area contributed by atoms with E-state index in [1.165, 1.54) is 7.11 Å². The summed E-state index contributed by atoms with van der Waals surface area (Å²) in [6.07, 6.45) is 0.622. The molecule has 0 saturated carbocycles. The number of carbonyl (C=O) groups is 2. The Bertz CT molecular complexity index is 802. The highest BCUT2D eigenvalue weighted by atomic mass is 16.5. The number of rotatable bonds is 5. The topological polar surface area (TPSA) is 97.6 Å². The Morgan fingerprint density at radius 3 is 2.67 bits per heavy atom. The van der Waals surface area contributed by atoms with Crippen LogP contribution in [0.2, 0.25) is 0 Å². The molecule has 0 radical (unpaired) electrons. The van der Waals surface area contributed by atoms with Gasteiger partial charge in [-0.2, -0.15) is 4.98 Å². The summed E-state index contributed by atoms with van der Waals surface area (Å²) in [6.45, 7) is 4.61. The molecule has 1 fully saturated rings. The molecule has 0 aliphatic carbocycles. The standard InChI is InChI=1S/C19H24N4O4/c1-12-4-6-14(7-5-12)19(25)23-9-8-15(18-20-13(2)22-27-18)16(10-23)21-17(24)11-26-3/h4-7,15-16H,8-11H2,1-3H3,(H,21,24)/t15-,16+/m0/s1. The molecule has 1 aliphatic heterocycles. The van der Waals surface area contributed by atoms with Crippen LogP contribution < -0.4 is 5.32 Å². The lowest BCUT2D eigenvalue weighted by molar-refractivity contribution is -0.126. The minimum absolute atomic E-state index is 0.0437. The van der Waals surface area contributed by atoms with Crippen molar-refractivity contribution in [2.24, 2.45) is 0 Å². The van der Waals surface area contributed by atoms with E-state index in [-0.39, 0.29) is 30.4 Å². The van der Waals surface area contributed by atoms with Crippen LogP contribution in [0.25, 0.3) is 0 Å². The van der Waals surface area contributed by atoms with Gasteiger partial charge in [0.15, 0.2) is 5.82 Å². The van der Waals surface area contributed by atoms with Gasteiger partial charge < -0.3 is 19.5 Å². The number of carbonyl (C=O) groups excluding carboxylic acids is 2. The van der Waals surface area contributed by atoms with Gasteiger partial charge in [-0.1, -0.05) is 22.9 Å². The second kappa shape index (κ2) is 8.30. The molecule has 1 saturated heterocycles. The highest BCUT2D eigenvalue weighted by Crippen LogP contribution is 2.28. The Balaban J connectivity index is 1.77. The third kappa shape index (κ3) is 4.51. The van der Waals surface area contributed by atoms with Crippen LogP contribution in [0, 0.1) is 13.8 Å². The predicted molar refractivity (Wildman–Crippen MR) is 97.3 cm³/mol. The number of amides is 2. The zero-order valence-corrected chi connectivity index (χ0v) is 15.8. The maximum absolute atomic E-state index is 12.9. The molecule has 2 heterocycles. The Labute approximate surface area is 157 Å². The fourth-order valence-electron chi connectivity index (χ4n) is 3.30. The van der Waals surface area contributed by atoms with Crippen LogP contribution in [0.4, 0.5) is 0 Å². The molecule has 1 aromatic carbocycles. The van der Waals surface area contributed by atoms with Gasteiger partial charge in [0.25, 0.3) is 5.91 Å². The molecular weight excluding hydrogens is 348 g/mol. The van der Waals surface area contributed by atoms with E-state index in [9.17, 15) is 9.59 Å². The van der Waals surface area contributed by atoms with E-state index in [0.717, 1.165) is 5.56 Å². The number of aryl methyl sites for hydroxylation is 2. The summed E-state index contributed by atoms with van der Waals surface area (Å²) in [5.41, 5.74) is 1.73. The summed E-state index contributed by atoms with van der Waals surface area (Å²) < 4.78 is 10.2. The maximum atomic E-state index is 12.9. The number of methoxy groups -OCH3 is 1.